The summed E-state index contributed by atoms with van der Waals surface area (Å²) in [6, 6.07) is 0. The van der Waals surface area contributed by atoms with E-state index >= 15 is 0 Å². The molecule has 0 aromatic carbocycles. The van der Waals surface area contributed by atoms with E-state index < -0.39 is 0 Å². The molecule has 0 aliphatic rings. The van der Waals surface area contributed by atoms with Crippen LogP contribution in [-0.4, -0.2) is 17.3 Å². The molecule has 2 N–H and O–H groups in total. The molecule has 0 amide bonds. The van der Waals surface area contributed by atoms with E-state index in [1.165, 1.54) is 4.88 Å². The van der Waals surface area contributed by atoms with Crippen molar-refractivity contribution in [3.63, 3.8) is 0 Å². The molecule has 0 spiro atoms. The second-order valence-corrected chi connectivity index (χ2v) is 6.96. The fraction of sp³-hybridized carbons (Fsp3) is 0.714. The maximum absolute atomic E-state index is 11.9. The molecule has 102 valence electrons. The van der Waals surface area contributed by atoms with Crippen LogP contribution in [0.3, 0.4) is 0 Å². The third kappa shape index (κ3) is 4.86. The second-order valence-electron chi connectivity index (χ2n) is 5.67. The van der Waals surface area contributed by atoms with Gasteiger partial charge in [0.25, 0.3) is 0 Å². The summed E-state index contributed by atoms with van der Waals surface area (Å²) >= 11 is 1.63. The Morgan fingerprint density at radius 1 is 1.33 bits per heavy atom. The van der Waals surface area contributed by atoms with E-state index in [0.717, 1.165) is 23.5 Å². The van der Waals surface area contributed by atoms with Gasteiger partial charge in [0, 0.05) is 11.3 Å². The Hall–Kier alpha value is -0.740. The first-order valence-electron chi connectivity index (χ1n) is 6.49. The van der Waals surface area contributed by atoms with Crippen LogP contribution >= 0.6 is 11.3 Å². The van der Waals surface area contributed by atoms with Gasteiger partial charge in [-0.3, -0.25) is 4.79 Å². The first-order chi connectivity index (χ1) is 8.34. The third-order valence-corrected chi connectivity index (χ3v) is 4.40. The predicted molar refractivity (Wildman–Crippen MR) is 77.0 cm³/mol. The van der Waals surface area contributed by atoms with E-state index in [-0.39, 0.29) is 11.2 Å². The Balaban J connectivity index is 2.43. The highest BCUT2D eigenvalue weighted by atomic mass is 32.1. The normalized spacial score (nSPS) is 11.8. The van der Waals surface area contributed by atoms with Crippen LogP contribution in [0.2, 0.25) is 0 Å². The fourth-order valence-electron chi connectivity index (χ4n) is 1.87. The zero-order valence-electron chi connectivity index (χ0n) is 11.9. The van der Waals surface area contributed by atoms with Crippen LogP contribution in [0.5, 0.6) is 0 Å². The lowest BCUT2D eigenvalue weighted by atomic mass is 9.83. The van der Waals surface area contributed by atoms with Crippen molar-refractivity contribution in [1.29, 1.82) is 0 Å². The molecule has 18 heavy (non-hydrogen) atoms. The minimum absolute atomic E-state index is 0.166. The zero-order chi connectivity index (χ0) is 13.8. The Kier molecular flexibility index (Phi) is 5.47. The molecule has 0 saturated carbocycles. The SMILES string of the molecule is Cc1nc(CC(=O)CCC(C)(C)CCN)sc1C. The Morgan fingerprint density at radius 2 is 2.00 bits per heavy atom. The molecule has 0 aliphatic heterocycles. The average molecular weight is 268 g/mol. The number of nitrogens with zero attached hydrogens (tertiary/aromatic N) is 1. The largest absolute Gasteiger partial charge is 0.330 e. The minimum Gasteiger partial charge on any atom is -0.330 e. The quantitative estimate of drug-likeness (QED) is 0.827. The van der Waals surface area contributed by atoms with E-state index in [2.05, 4.69) is 18.8 Å². The van der Waals surface area contributed by atoms with E-state index in [0.29, 0.717) is 19.4 Å². The fourth-order valence-corrected chi connectivity index (χ4v) is 2.83. The molecule has 1 heterocycles. The molecule has 0 bridgehead atoms. The number of carbonyl (C=O) groups excluding carboxylic acids is 1. The summed E-state index contributed by atoms with van der Waals surface area (Å²) in [7, 11) is 0. The summed E-state index contributed by atoms with van der Waals surface area (Å²) in [6.45, 7) is 9.07. The van der Waals surface area contributed by atoms with Gasteiger partial charge in [-0.2, -0.15) is 0 Å². The monoisotopic (exact) mass is 268 g/mol. The highest BCUT2D eigenvalue weighted by Gasteiger charge is 2.19. The number of Topliss-reactive ketones (excluding diaryl/α,β-unsaturated/α-hetero) is 1. The lowest BCUT2D eigenvalue weighted by molar-refractivity contribution is -0.119. The van der Waals surface area contributed by atoms with Gasteiger partial charge in [-0.1, -0.05) is 13.8 Å². The molecular formula is C14H24N2OS. The summed E-state index contributed by atoms with van der Waals surface area (Å²) in [5, 5.41) is 0.951. The molecule has 0 fully saturated rings. The molecule has 0 unspecified atom stereocenters. The van der Waals surface area contributed by atoms with Gasteiger partial charge < -0.3 is 5.73 Å². The van der Waals surface area contributed by atoms with Gasteiger partial charge in [0.05, 0.1) is 12.1 Å². The molecular weight excluding hydrogens is 244 g/mol. The van der Waals surface area contributed by atoms with Crippen LogP contribution in [0.1, 0.15) is 48.7 Å². The maximum atomic E-state index is 11.9. The lowest BCUT2D eigenvalue weighted by Gasteiger charge is -2.23. The number of nitrogens with two attached hydrogens (primary N) is 1. The van der Waals surface area contributed by atoms with Crippen molar-refractivity contribution in [2.75, 3.05) is 6.54 Å². The number of aryl methyl sites for hydroxylation is 2. The molecule has 0 radical (unpaired) electrons. The topological polar surface area (TPSA) is 56.0 Å². The molecule has 0 aliphatic carbocycles. The van der Waals surface area contributed by atoms with E-state index in [9.17, 15) is 4.79 Å². The Bertz CT molecular complexity index is 390. The maximum Gasteiger partial charge on any atom is 0.139 e. The van der Waals surface area contributed by atoms with Crippen molar-refractivity contribution in [2.24, 2.45) is 11.1 Å². The zero-order valence-corrected chi connectivity index (χ0v) is 12.7. The number of carbonyl (C=O) groups is 1. The van der Waals surface area contributed by atoms with Crippen molar-refractivity contribution < 1.29 is 4.79 Å². The van der Waals surface area contributed by atoms with Crippen molar-refractivity contribution in [3.8, 4) is 0 Å². The highest BCUT2D eigenvalue weighted by Crippen LogP contribution is 2.26. The summed E-state index contributed by atoms with van der Waals surface area (Å²) < 4.78 is 0. The van der Waals surface area contributed by atoms with Gasteiger partial charge in [-0.15, -0.1) is 11.3 Å². The summed E-state index contributed by atoms with van der Waals surface area (Å²) in [4.78, 5) is 17.5. The number of thiazole rings is 1. The predicted octanol–water partition coefficient (Wildman–Crippen LogP) is 3.03. The van der Waals surface area contributed by atoms with E-state index in [1.807, 2.05) is 13.8 Å². The van der Waals surface area contributed by atoms with Gasteiger partial charge in [-0.05, 0) is 38.6 Å². The highest BCUT2D eigenvalue weighted by molar-refractivity contribution is 7.11. The third-order valence-electron chi connectivity index (χ3n) is 3.32. The average Bonchev–Trinajstić information content (AvgIpc) is 2.55. The van der Waals surface area contributed by atoms with Gasteiger partial charge in [0.15, 0.2) is 0 Å². The van der Waals surface area contributed by atoms with Crippen LogP contribution in [0, 0.1) is 19.3 Å². The van der Waals surface area contributed by atoms with Crippen molar-refractivity contribution in [1.82, 2.24) is 4.98 Å². The van der Waals surface area contributed by atoms with Crippen LogP contribution in [-0.2, 0) is 11.2 Å². The van der Waals surface area contributed by atoms with Gasteiger partial charge in [-0.25, -0.2) is 4.98 Å². The van der Waals surface area contributed by atoms with Gasteiger partial charge in [0.2, 0.25) is 0 Å². The lowest BCUT2D eigenvalue weighted by Crippen LogP contribution is -2.18. The van der Waals surface area contributed by atoms with Gasteiger partial charge >= 0.3 is 0 Å². The summed E-state index contributed by atoms with van der Waals surface area (Å²) in [6.07, 6.45) is 2.99. The van der Waals surface area contributed by atoms with Crippen LogP contribution in [0.4, 0.5) is 0 Å². The number of rotatable bonds is 7. The first kappa shape index (κ1) is 15.3. The van der Waals surface area contributed by atoms with E-state index in [1.54, 1.807) is 11.3 Å². The molecule has 0 atom stereocenters. The van der Waals surface area contributed by atoms with Crippen LogP contribution in [0.15, 0.2) is 0 Å². The molecule has 3 nitrogen and oxygen atoms in total. The van der Waals surface area contributed by atoms with Crippen molar-refractivity contribution in [2.45, 2.75) is 53.4 Å². The minimum atomic E-state index is 0.166. The molecule has 1 aromatic rings. The van der Waals surface area contributed by atoms with Gasteiger partial charge in [0.1, 0.15) is 10.8 Å². The second kappa shape index (κ2) is 6.43. The van der Waals surface area contributed by atoms with Crippen LogP contribution in [0.25, 0.3) is 0 Å². The molecule has 1 rings (SSSR count). The summed E-state index contributed by atoms with van der Waals surface area (Å²) in [5.41, 5.74) is 6.78. The van der Waals surface area contributed by atoms with Crippen molar-refractivity contribution in [3.05, 3.63) is 15.6 Å². The number of aromatic nitrogens is 1. The van der Waals surface area contributed by atoms with Crippen LogP contribution < -0.4 is 5.73 Å². The van der Waals surface area contributed by atoms with E-state index in [4.69, 9.17) is 5.73 Å². The Labute approximate surface area is 114 Å². The number of hydrogen-bond donors (Lipinski definition) is 1. The number of ketones is 1. The number of hydrogen-bond acceptors (Lipinski definition) is 4. The molecule has 1 aromatic heterocycles. The van der Waals surface area contributed by atoms with Crippen molar-refractivity contribution >= 4 is 17.1 Å². The summed E-state index contributed by atoms with van der Waals surface area (Å²) in [5.74, 6) is 0.286. The standard InChI is InChI=1S/C14H24N2OS/c1-10-11(2)18-13(16-10)9-12(17)5-6-14(3,4)7-8-15/h5-9,15H2,1-4H3. The molecule has 4 heteroatoms. The Morgan fingerprint density at radius 3 is 2.50 bits per heavy atom. The molecule has 0 saturated heterocycles. The first-order valence-corrected chi connectivity index (χ1v) is 7.30. The smallest absolute Gasteiger partial charge is 0.139 e.